The van der Waals surface area contributed by atoms with Crippen LogP contribution in [-0.2, 0) is 55.5 Å². The fourth-order valence-corrected chi connectivity index (χ4v) is 10.6. The average Bonchev–Trinajstić information content (AvgIpc) is 3.73. The summed E-state index contributed by atoms with van der Waals surface area (Å²) in [4.78, 5) is 103. The molecule has 0 aromatic carbocycles. The number of hydrogen-bond acceptors (Lipinski definition) is 19. The van der Waals surface area contributed by atoms with Gasteiger partial charge in [0, 0.05) is 49.9 Å². The van der Waals surface area contributed by atoms with Crippen molar-refractivity contribution in [3.63, 3.8) is 0 Å². The lowest BCUT2D eigenvalue weighted by molar-refractivity contribution is -0.143. The molecule has 1 aliphatic heterocycles. The minimum Gasteiger partial charge on any atom is -0.481 e. The molecule has 7 atom stereocenters. The van der Waals surface area contributed by atoms with Gasteiger partial charge in [0.15, 0.2) is 0 Å². The number of aliphatic hydroxyl groups excluding tert-OH is 1. The Kier molecular flexibility index (Phi) is 21.4. The zero-order valence-corrected chi connectivity index (χ0v) is 37.2. The van der Waals surface area contributed by atoms with E-state index in [1.807, 2.05) is 0 Å². The van der Waals surface area contributed by atoms with Gasteiger partial charge >= 0.3 is 35.4 Å². The Morgan fingerprint density at radius 2 is 1.70 bits per heavy atom. The molecule has 2 aromatic heterocycles. The number of rotatable bonds is 27. The maximum absolute atomic E-state index is 12.4. The van der Waals surface area contributed by atoms with Crippen LogP contribution in [0.5, 0.6) is 0 Å². The highest BCUT2D eigenvalue weighted by Gasteiger charge is 2.43. The van der Waals surface area contributed by atoms with Gasteiger partial charge in [-0.1, -0.05) is 39.8 Å². The van der Waals surface area contributed by atoms with Crippen LogP contribution in [0.15, 0.2) is 12.5 Å². The minimum atomic E-state index is -5.76. The highest BCUT2D eigenvalue weighted by molar-refractivity contribution is 8.76. The Hall–Kier alpha value is -3.68. The van der Waals surface area contributed by atoms with Gasteiger partial charge in [0.2, 0.25) is 17.7 Å². The first-order chi connectivity index (χ1) is 29.5. The number of carboxylic acids is 2. The van der Waals surface area contributed by atoms with Crippen molar-refractivity contribution < 1.29 is 90.4 Å². The number of aliphatic carboxylic acids is 2. The molecule has 0 saturated carbocycles. The van der Waals surface area contributed by atoms with Gasteiger partial charge in [-0.15, -0.1) is 0 Å². The quantitative estimate of drug-likeness (QED) is 0.0236. The normalized spacial score (nSPS) is 19.2. The smallest absolute Gasteiger partial charge is 0.481 e. The molecular weight excluding hydrogens is 945 g/mol. The van der Waals surface area contributed by atoms with Crippen LogP contribution in [0.1, 0.15) is 63.2 Å². The molecule has 1 fully saturated rings. The number of phosphoric acid groups is 3. The predicted octanol–water partition coefficient (Wildman–Crippen LogP) is -0.317. The van der Waals surface area contributed by atoms with Crippen molar-refractivity contribution in [2.45, 2.75) is 81.9 Å². The molecule has 3 rings (SSSR count). The van der Waals surface area contributed by atoms with E-state index in [2.05, 4.69) is 50.9 Å². The molecule has 32 heteroatoms. The van der Waals surface area contributed by atoms with Crippen LogP contribution in [0.2, 0.25) is 0 Å². The monoisotopic (exact) mass is 992 g/mol. The second-order valence-corrected chi connectivity index (χ2v) is 20.3. The summed E-state index contributed by atoms with van der Waals surface area (Å²) in [6.07, 6.45) is 0.00498. The van der Waals surface area contributed by atoms with Gasteiger partial charge in [0.25, 0.3) is 0 Å². The largest absolute Gasteiger partial charge is 0.490 e. The molecular formula is C31H47N8O19P3S2. The van der Waals surface area contributed by atoms with Gasteiger partial charge in [-0.3, -0.25) is 23.7 Å². The van der Waals surface area contributed by atoms with Crippen molar-refractivity contribution in [3.05, 3.63) is 18.1 Å². The number of unbranched alkanes of at least 4 members (excludes halogenated alkanes) is 2. The third-order valence-corrected chi connectivity index (χ3v) is 14.6. The fraction of sp³-hybridized carbons (Fsp3) is 0.581. The molecule has 2 aromatic rings. The first-order valence-corrected chi connectivity index (χ1v) is 25.5. The highest BCUT2D eigenvalue weighted by Crippen LogP contribution is 2.66. The minimum absolute atomic E-state index is 0.0450. The van der Waals surface area contributed by atoms with Gasteiger partial charge in [-0.2, -0.15) is 8.62 Å². The molecule has 3 amide bonds. The summed E-state index contributed by atoms with van der Waals surface area (Å²) in [5.74, 6) is 2.72. The van der Waals surface area contributed by atoms with Crippen LogP contribution in [0.25, 0.3) is 11.0 Å². The topological polar surface area (TPSA) is 434 Å². The number of ether oxygens (including phenoxy) is 1. The van der Waals surface area contributed by atoms with Crippen LogP contribution in [0, 0.1) is 11.8 Å². The van der Waals surface area contributed by atoms with Crippen molar-refractivity contribution in [2.24, 2.45) is 5.73 Å². The molecule has 0 aliphatic carbocycles. The lowest BCUT2D eigenvalue weighted by Crippen LogP contribution is -2.42. The zero-order chi connectivity index (χ0) is 47.0. The number of aromatic nitrogens is 3. The first kappa shape index (κ1) is 53.7. The zero-order valence-electron chi connectivity index (χ0n) is 32.9. The molecule has 1 aliphatic rings. The molecule has 0 spiro atoms. The SMILES string of the molecule is Nc1ncnc2c1c(C#CCNC(=O)CCSSCC(N)C(=O)NCCCCCC(=O)NC(CCC(=O)O)C(=O)O)cn2[C@H]1CC(O)[C@@H](COP(=O)(O)OP(=O)(O)OP(=O)(O)O)O1. The van der Waals surface area contributed by atoms with Gasteiger partial charge in [-0.05, 0) is 19.3 Å². The summed E-state index contributed by atoms with van der Waals surface area (Å²) in [5, 5.41) is 36.4. The van der Waals surface area contributed by atoms with E-state index in [0.717, 1.165) is 0 Å². The van der Waals surface area contributed by atoms with E-state index in [-0.39, 0.29) is 61.3 Å². The molecule has 5 unspecified atom stereocenters. The molecule has 0 bridgehead atoms. The Bertz CT molecular complexity index is 2150. The Balaban J connectivity index is 1.36. The number of carbonyl (C=O) groups is 5. The van der Waals surface area contributed by atoms with Gasteiger partial charge in [0.05, 0.1) is 36.2 Å². The lowest BCUT2D eigenvalue weighted by atomic mass is 10.1. The number of aliphatic hydroxyl groups is 1. The molecule has 352 valence electrons. The van der Waals surface area contributed by atoms with Gasteiger partial charge in [0.1, 0.15) is 36.2 Å². The molecule has 63 heavy (non-hydrogen) atoms. The summed E-state index contributed by atoms with van der Waals surface area (Å²) < 4.78 is 53.7. The molecule has 14 N–H and O–H groups in total. The van der Waals surface area contributed by atoms with E-state index >= 15 is 0 Å². The van der Waals surface area contributed by atoms with Crippen molar-refractivity contribution in [1.82, 2.24) is 30.5 Å². The lowest BCUT2D eigenvalue weighted by Gasteiger charge is -2.19. The second-order valence-electron chi connectivity index (χ2n) is 13.3. The van der Waals surface area contributed by atoms with Crippen LogP contribution in [0.3, 0.4) is 0 Å². The third-order valence-electron chi connectivity index (χ3n) is 8.31. The summed E-state index contributed by atoms with van der Waals surface area (Å²) in [5.41, 5.74) is 12.6. The van der Waals surface area contributed by atoms with E-state index in [9.17, 15) is 52.6 Å². The average molecular weight is 993 g/mol. The van der Waals surface area contributed by atoms with E-state index in [1.54, 1.807) is 0 Å². The van der Waals surface area contributed by atoms with Crippen molar-refractivity contribution in [3.8, 4) is 11.8 Å². The maximum Gasteiger partial charge on any atom is 0.490 e. The molecule has 3 heterocycles. The molecule has 0 radical (unpaired) electrons. The Labute approximate surface area is 366 Å². The second kappa shape index (κ2) is 25.1. The van der Waals surface area contributed by atoms with Gasteiger partial charge < -0.3 is 71.6 Å². The third kappa shape index (κ3) is 19.5. The summed E-state index contributed by atoms with van der Waals surface area (Å²) in [6.45, 7) is -0.633. The number of nitrogens with two attached hydrogens (primary N) is 2. The van der Waals surface area contributed by atoms with Crippen molar-refractivity contribution in [2.75, 3.05) is 36.9 Å². The van der Waals surface area contributed by atoms with Crippen LogP contribution in [-0.4, -0.2) is 135 Å². The fourth-order valence-electron chi connectivity index (χ4n) is 5.41. The van der Waals surface area contributed by atoms with Crippen molar-refractivity contribution >= 4 is 91.6 Å². The number of carbonyl (C=O) groups excluding carboxylic acids is 3. The van der Waals surface area contributed by atoms with Crippen LogP contribution < -0.4 is 27.4 Å². The predicted molar refractivity (Wildman–Crippen MR) is 222 cm³/mol. The Morgan fingerprint density at radius 3 is 2.38 bits per heavy atom. The maximum atomic E-state index is 12.4. The summed E-state index contributed by atoms with van der Waals surface area (Å²) in [7, 11) is -14.2. The van der Waals surface area contributed by atoms with Crippen LogP contribution >= 0.6 is 45.1 Å². The highest BCUT2D eigenvalue weighted by atomic mass is 33.1. The van der Waals surface area contributed by atoms with E-state index < -0.39 is 84.9 Å². The number of carboxylic acid groups (broad SMARTS) is 2. The summed E-state index contributed by atoms with van der Waals surface area (Å²) in [6, 6.07) is -2.10. The number of amides is 3. The van der Waals surface area contributed by atoms with Gasteiger partial charge in [-0.25, -0.2) is 28.5 Å². The standard InChI is InChI=1S/C31H47N8O19P3S2/c32-19(30(45)35-10-3-1-2-6-24(42)38-20(31(46)47)7-8-26(43)44)16-63-62-12-9-23(41)34-11-4-5-18-14-39(29-27(18)28(33)36-17-37-29)25-13-21(40)22(56-25)15-55-60(51,52)58-61(53,54)57-59(48,49)50/h14,17,19-22,25,40H,1-3,6-13,15-16,32H2,(H,34,41)(H,35,45)(H,38,42)(H,43,44)(H,46,47)(H,51,52)(H,53,54)(H2,33,36,37)(H2,48,49,50)/t19?,20?,21?,22-,25-/m1/s1. The number of hydrogen-bond donors (Lipinski definition) is 12. The van der Waals surface area contributed by atoms with Crippen molar-refractivity contribution in [1.29, 1.82) is 0 Å². The number of phosphoric ester groups is 1. The number of anilines is 1. The Morgan fingerprint density at radius 1 is 0.968 bits per heavy atom. The number of nitrogens with zero attached hydrogens (tertiary/aromatic N) is 3. The van der Waals surface area contributed by atoms with Crippen LogP contribution in [0.4, 0.5) is 5.82 Å². The number of nitrogens with one attached hydrogen (secondary N) is 3. The van der Waals surface area contributed by atoms with E-state index in [1.165, 1.54) is 38.7 Å². The number of fused-ring (bicyclic) bond motifs is 1. The molecule has 1 saturated heterocycles. The van der Waals surface area contributed by atoms with E-state index in [0.29, 0.717) is 42.5 Å². The first-order valence-electron chi connectivity index (χ1n) is 18.5. The van der Waals surface area contributed by atoms with E-state index in [4.69, 9.17) is 36.2 Å². The molecule has 27 nitrogen and oxygen atoms in total. The number of nitrogen functional groups attached to an aromatic ring is 1. The summed E-state index contributed by atoms with van der Waals surface area (Å²) >= 11 is 0.